The highest BCUT2D eigenvalue weighted by molar-refractivity contribution is 5.81. The highest BCUT2D eigenvalue weighted by atomic mass is 16.1. The van der Waals surface area contributed by atoms with Crippen molar-refractivity contribution in [3.05, 3.63) is 71.3 Å². The molecule has 2 aromatic carbocycles. The quantitative estimate of drug-likeness (QED) is 0.900. The average molecular weight is 348 g/mol. The second-order valence-corrected chi connectivity index (χ2v) is 6.69. The summed E-state index contributed by atoms with van der Waals surface area (Å²) in [5.41, 5.74) is 8.56. The predicted molar refractivity (Wildman–Crippen MR) is 101 cm³/mol. The Bertz CT molecular complexity index is 767. The molecule has 1 amide bonds. The van der Waals surface area contributed by atoms with Gasteiger partial charge in [0.05, 0.1) is 11.6 Å². The van der Waals surface area contributed by atoms with Crippen molar-refractivity contribution < 1.29 is 4.79 Å². The van der Waals surface area contributed by atoms with Gasteiger partial charge in [0, 0.05) is 26.2 Å². The number of primary amides is 1. The number of carbonyl (C=O) groups is 1. The summed E-state index contributed by atoms with van der Waals surface area (Å²) in [5.74, 6) is -0.295. The van der Waals surface area contributed by atoms with E-state index in [4.69, 9.17) is 11.0 Å². The van der Waals surface area contributed by atoms with Crippen molar-refractivity contribution in [3.8, 4) is 6.07 Å². The fourth-order valence-corrected chi connectivity index (χ4v) is 3.54. The second-order valence-electron chi connectivity index (χ2n) is 6.69. The van der Waals surface area contributed by atoms with Crippen LogP contribution in [0.4, 0.5) is 0 Å². The molecule has 0 aliphatic carbocycles. The van der Waals surface area contributed by atoms with Crippen LogP contribution in [0.1, 0.15) is 29.2 Å². The van der Waals surface area contributed by atoms with Gasteiger partial charge in [-0.05, 0) is 36.2 Å². The second kappa shape index (κ2) is 8.61. The Morgan fingerprint density at radius 2 is 1.77 bits per heavy atom. The molecule has 26 heavy (non-hydrogen) atoms. The van der Waals surface area contributed by atoms with Crippen LogP contribution in [0.15, 0.2) is 54.6 Å². The first kappa shape index (κ1) is 18.1. The third kappa shape index (κ3) is 4.48. The maximum Gasteiger partial charge on any atom is 0.239 e. The lowest BCUT2D eigenvalue weighted by Gasteiger charge is -2.28. The van der Waals surface area contributed by atoms with Crippen LogP contribution in [0.3, 0.4) is 0 Å². The Kier molecular flexibility index (Phi) is 6.00. The third-order valence-corrected chi connectivity index (χ3v) is 4.86. The lowest BCUT2D eigenvalue weighted by atomic mass is 10.0. The van der Waals surface area contributed by atoms with E-state index < -0.39 is 0 Å². The first-order valence-electron chi connectivity index (χ1n) is 8.97. The van der Waals surface area contributed by atoms with E-state index in [1.807, 2.05) is 54.6 Å². The van der Waals surface area contributed by atoms with E-state index in [9.17, 15) is 4.79 Å². The normalized spacial score (nSPS) is 17.2. The standard InChI is InChI=1S/C21H24N4O/c22-15-17-7-9-18(10-8-17)16-24-11-4-12-25(14-13-24)20(21(23)26)19-5-2-1-3-6-19/h1-3,5-10,20H,4,11-14,16H2,(H2,23,26). The molecule has 1 unspecified atom stereocenters. The van der Waals surface area contributed by atoms with Gasteiger partial charge in [-0.2, -0.15) is 5.26 Å². The lowest BCUT2D eigenvalue weighted by Crippen LogP contribution is -2.40. The van der Waals surface area contributed by atoms with Crippen molar-refractivity contribution >= 4 is 5.91 Å². The third-order valence-electron chi connectivity index (χ3n) is 4.86. The van der Waals surface area contributed by atoms with Gasteiger partial charge in [-0.25, -0.2) is 0 Å². The lowest BCUT2D eigenvalue weighted by molar-refractivity contribution is -0.123. The van der Waals surface area contributed by atoms with Gasteiger partial charge in [-0.15, -0.1) is 0 Å². The summed E-state index contributed by atoms with van der Waals surface area (Å²) in [6, 6.07) is 19.3. The van der Waals surface area contributed by atoms with Crippen molar-refractivity contribution in [2.75, 3.05) is 26.2 Å². The summed E-state index contributed by atoms with van der Waals surface area (Å²) in [6.07, 6.45) is 0.993. The number of nitriles is 1. The average Bonchev–Trinajstić information content (AvgIpc) is 2.89. The Morgan fingerprint density at radius 3 is 2.42 bits per heavy atom. The highest BCUT2D eigenvalue weighted by Gasteiger charge is 2.27. The van der Waals surface area contributed by atoms with E-state index in [-0.39, 0.29) is 11.9 Å². The number of carbonyl (C=O) groups excluding carboxylic acids is 1. The molecule has 5 nitrogen and oxygen atoms in total. The van der Waals surface area contributed by atoms with Gasteiger partial charge in [0.1, 0.15) is 6.04 Å². The summed E-state index contributed by atoms with van der Waals surface area (Å²) in [5, 5.41) is 8.90. The summed E-state index contributed by atoms with van der Waals surface area (Å²) >= 11 is 0. The molecule has 1 aliphatic heterocycles. The van der Waals surface area contributed by atoms with E-state index >= 15 is 0 Å². The molecule has 1 atom stereocenters. The summed E-state index contributed by atoms with van der Waals surface area (Å²) in [4.78, 5) is 16.7. The van der Waals surface area contributed by atoms with Gasteiger partial charge >= 0.3 is 0 Å². The molecule has 2 aromatic rings. The fourth-order valence-electron chi connectivity index (χ4n) is 3.54. The molecule has 3 rings (SSSR count). The van der Waals surface area contributed by atoms with Gasteiger partial charge in [0.25, 0.3) is 0 Å². The maximum atomic E-state index is 12.1. The molecular weight excluding hydrogens is 324 g/mol. The largest absolute Gasteiger partial charge is 0.368 e. The van der Waals surface area contributed by atoms with E-state index in [1.165, 1.54) is 5.56 Å². The van der Waals surface area contributed by atoms with E-state index in [1.54, 1.807) is 0 Å². The Hall–Kier alpha value is -2.68. The molecular formula is C21H24N4O. The van der Waals surface area contributed by atoms with Gasteiger partial charge in [0.15, 0.2) is 0 Å². The van der Waals surface area contributed by atoms with Crippen molar-refractivity contribution in [1.29, 1.82) is 5.26 Å². The zero-order chi connectivity index (χ0) is 18.4. The molecule has 2 N–H and O–H groups in total. The first-order chi connectivity index (χ1) is 12.7. The van der Waals surface area contributed by atoms with E-state index in [2.05, 4.69) is 15.9 Å². The van der Waals surface area contributed by atoms with Gasteiger partial charge in [0.2, 0.25) is 5.91 Å². The number of nitrogens with two attached hydrogens (primary N) is 1. The number of hydrogen-bond acceptors (Lipinski definition) is 4. The molecule has 0 spiro atoms. The molecule has 5 heteroatoms. The minimum Gasteiger partial charge on any atom is -0.368 e. The number of rotatable bonds is 5. The van der Waals surface area contributed by atoms with Crippen molar-refractivity contribution in [3.63, 3.8) is 0 Å². The molecule has 0 bridgehead atoms. The van der Waals surface area contributed by atoms with Crippen LogP contribution in [-0.2, 0) is 11.3 Å². The SMILES string of the molecule is N#Cc1ccc(CN2CCCN(C(C(N)=O)c3ccccc3)CC2)cc1. The number of benzene rings is 2. The topological polar surface area (TPSA) is 73.4 Å². The van der Waals surface area contributed by atoms with Crippen molar-refractivity contribution in [2.45, 2.75) is 19.0 Å². The van der Waals surface area contributed by atoms with Gasteiger partial charge in [-0.1, -0.05) is 42.5 Å². The Labute approximate surface area is 154 Å². The van der Waals surface area contributed by atoms with Crippen LogP contribution in [0.2, 0.25) is 0 Å². The molecule has 1 aliphatic rings. The zero-order valence-corrected chi connectivity index (χ0v) is 14.8. The Balaban J connectivity index is 1.65. The first-order valence-corrected chi connectivity index (χ1v) is 8.97. The minimum atomic E-state index is -0.369. The molecule has 0 aromatic heterocycles. The Morgan fingerprint density at radius 1 is 1.04 bits per heavy atom. The minimum absolute atomic E-state index is 0.295. The highest BCUT2D eigenvalue weighted by Crippen LogP contribution is 2.22. The molecule has 0 saturated carbocycles. The molecule has 0 radical (unpaired) electrons. The van der Waals surface area contributed by atoms with Crippen LogP contribution in [0, 0.1) is 11.3 Å². The van der Waals surface area contributed by atoms with Crippen molar-refractivity contribution in [2.24, 2.45) is 5.73 Å². The van der Waals surface area contributed by atoms with Crippen molar-refractivity contribution in [1.82, 2.24) is 9.80 Å². The molecule has 134 valence electrons. The van der Waals surface area contributed by atoms with E-state index in [0.29, 0.717) is 5.56 Å². The maximum absolute atomic E-state index is 12.1. The molecule has 1 fully saturated rings. The van der Waals surface area contributed by atoms with Crippen LogP contribution in [0.25, 0.3) is 0 Å². The zero-order valence-electron chi connectivity index (χ0n) is 14.8. The molecule has 1 heterocycles. The van der Waals surface area contributed by atoms with Crippen LogP contribution < -0.4 is 5.73 Å². The van der Waals surface area contributed by atoms with Crippen LogP contribution in [0.5, 0.6) is 0 Å². The van der Waals surface area contributed by atoms with Gasteiger partial charge < -0.3 is 5.73 Å². The summed E-state index contributed by atoms with van der Waals surface area (Å²) in [6.45, 7) is 4.38. The number of amides is 1. The summed E-state index contributed by atoms with van der Waals surface area (Å²) in [7, 11) is 0. The summed E-state index contributed by atoms with van der Waals surface area (Å²) < 4.78 is 0. The van der Waals surface area contributed by atoms with Crippen LogP contribution in [-0.4, -0.2) is 41.9 Å². The number of nitrogens with zero attached hydrogens (tertiary/aromatic N) is 3. The monoisotopic (exact) mass is 348 g/mol. The number of hydrogen-bond donors (Lipinski definition) is 1. The predicted octanol–water partition coefficient (Wildman–Crippen LogP) is 2.29. The van der Waals surface area contributed by atoms with Gasteiger partial charge in [-0.3, -0.25) is 14.6 Å². The smallest absolute Gasteiger partial charge is 0.239 e. The molecule has 1 saturated heterocycles. The van der Waals surface area contributed by atoms with Crippen LogP contribution >= 0.6 is 0 Å². The van der Waals surface area contributed by atoms with E-state index in [0.717, 1.165) is 44.7 Å². The fraction of sp³-hybridized carbons (Fsp3) is 0.333.